The van der Waals surface area contributed by atoms with Gasteiger partial charge >= 0.3 is 0 Å². The summed E-state index contributed by atoms with van der Waals surface area (Å²) >= 11 is 0. The summed E-state index contributed by atoms with van der Waals surface area (Å²) in [7, 11) is 0. The summed E-state index contributed by atoms with van der Waals surface area (Å²) in [6, 6.07) is 2.59. The molecule has 0 saturated heterocycles. The highest BCUT2D eigenvalue weighted by Crippen LogP contribution is 2.43. The van der Waals surface area contributed by atoms with E-state index in [4.69, 9.17) is 10.7 Å². The molecule has 0 spiro atoms. The molecule has 1 unspecified atom stereocenters. The minimum absolute atomic E-state index is 0.173. The number of hydrogen-bond acceptors (Lipinski definition) is 7. The summed E-state index contributed by atoms with van der Waals surface area (Å²) in [5, 5.41) is 8.60. The summed E-state index contributed by atoms with van der Waals surface area (Å²) < 4.78 is 2.04. The fraction of sp³-hybridized carbons (Fsp3) is 0.450. The molecular weight excluding hydrogens is 352 g/mol. The van der Waals surface area contributed by atoms with Crippen LogP contribution in [0.4, 0.5) is 5.82 Å². The second-order valence-corrected chi connectivity index (χ2v) is 7.47. The van der Waals surface area contributed by atoms with Crippen molar-refractivity contribution in [2.75, 3.05) is 4.90 Å². The Morgan fingerprint density at radius 3 is 2.86 bits per heavy atom. The first kappa shape index (κ1) is 17.2. The van der Waals surface area contributed by atoms with Gasteiger partial charge in [0.15, 0.2) is 17.5 Å². The molecule has 1 saturated carbocycles. The summed E-state index contributed by atoms with van der Waals surface area (Å²) in [4.78, 5) is 16.4. The van der Waals surface area contributed by atoms with Gasteiger partial charge < -0.3 is 10.6 Å². The Morgan fingerprint density at radius 2 is 2.07 bits per heavy atom. The predicted octanol–water partition coefficient (Wildman–Crippen LogP) is 2.79. The van der Waals surface area contributed by atoms with Crippen molar-refractivity contribution >= 4 is 5.82 Å². The maximum Gasteiger partial charge on any atom is 0.162 e. The zero-order valence-corrected chi connectivity index (χ0v) is 16.0. The van der Waals surface area contributed by atoms with Gasteiger partial charge in [0, 0.05) is 30.5 Å². The SMILES string of the molecule is CCC1c2nncn2-c2cnc(-c3ccncc3CN)nc2N1C1CCCC1. The van der Waals surface area contributed by atoms with Gasteiger partial charge in [-0.15, -0.1) is 10.2 Å². The zero-order chi connectivity index (χ0) is 19.1. The lowest BCUT2D eigenvalue weighted by Gasteiger charge is -2.40. The number of pyridine rings is 1. The minimum Gasteiger partial charge on any atom is -0.342 e. The molecule has 1 fully saturated rings. The van der Waals surface area contributed by atoms with Gasteiger partial charge in [-0.2, -0.15) is 0 Å². The fourth-order valence-corrected chi connectivity index (χ4v) is 4.58. The van der Waals surface area contributed by atoms with Crippen LogP contribution in [0.25, 0.3) is 17.1 Å². The van der Waals surface area contributed by atoms with Gasteiger partial charge in [-0.25, -0.2) is 9.97 Å². The van der Waals surface area contributed by atoms with E-state index in [1.54, 1.807) is 18.7 Å². The molecule has 0 bridgehead atoms. The van der Waals surface area contributed by atoms with E-state index in [9.17, 15) is 0 Å². The number of aromatic nitrogens is 6. The first-order chi connectivity index (χ1) is 13.8. The van der Waals surface area contributed by atoms with E-state index >= 15 is 0 Å². The lowest BCUT2D eigenvalue weighted by molar-refractivity contribution is 0.469. The average Bonchev–Trinajstić information content (AvgIpc) is 3.44. The van der Waals surface area contributed by atoms with E-state index in [-0.39, 0.29) is 6.04 Å². The maximum atomic E-state index is 5.92. The third-order valence-corrected chi connectivity index (χ3v) is 5.93. The number of nitrogens with two attached hydrogens (primary N) is 1. The van der Waals surface area contributed by atoms with Crippen LogP contribution >= 0.6 is 0 Å². The van der Waals surface area contributed by atoms with E-state index in [2.05, 4.69) is 32.0 Å². The van der Waals surface area contributed by atoms with Crippen molar-refractivity contribution in [3.63, 3.8) is 0 Å². The molecule has 2 N–H and O–H groups in total. The normalized spacial score (nSPS) is 18.9. The Balaban J connectivity index is 1.70. The van der Waals surface area contributed by atoms with Crippen LogP contribution in [0.15, 0.2) is 31.0 Å². The van der Waals surface area contributed by atoms with Crippen LogP contribution in [-0.4, -0.2) is 35.8 Å². The third kappa shape index (κ3) is 2.59. The number of hydrogen-bond donors (Lipinski definition) is 1. The molecular formula is C20H24N8. The van der Waals surface area contributed by atoms with Crippen molar-refractivity contribution in [1.29, 1.82) is 0 Å². The van der Waals surface area contributed by atoms with Crippen molar-refractivity contribution in [2.45, 2.75) is 57.7 Å². The topological polar surface area (TPSA) is 98.6 Å². The van der Waals surface area contributed by atoms with Gasteiger partial charge in [0.25, 0.3) is 0 Å². The molecule has 4 heterocycles. The third-order valence-electron chi connectivity index (χ3n) is 5.93. The fourth-order valence-electron chi connectivity index (χ4n) is 4.58. The first-order valence-electron chi connectivity index (χ1n) is 10.0. The van der Waals surface area contributed by atoms with E-state index in [0.29, 0.717) is 18.4 Å². The van der Waals surface area contributed by atoms with Crippen LogP contribution in [-0.2, 0) is 6.54 Å². The van der Waals surface area contributed by atoms with Gasteiger partial charge in [-0.1, -0.05) is 19.8 Å². The first-order valence-corrected chi connectivity index (χ1v) is 10.0. The molecule has 3 aromatic heterocycles. The van der Waals surface area contributed by atoms with Gasteiger partial charge in [0.2, 0.25) is 0 Å². The number of rotatable bonds is 4. The molecule has 0 aromatic carbocycles. The molecule has 0 radical (unpaired) electrons. The van der Waals surface area contributed by atoms with Crippen molar-refractivity contribution in [3.8, 4) is 17.1 Å². The number of nitrogens with zero attached hydrogens (tertiary/aromatic N) is 7. The minimum atomic E-state index is 0.173. The van der Waals surface area contributed by atoms with Gasteiger partial charge in [-0.3, -0.25) is 9.55 Å². The van der Waals surface area contributed by atoms with Gasteiger partial charge in [0.1, 0.15) is 12.0 Å². The lowest BCUT2D eigenvalue weighted by atomic mass is 10.0. The Hall–Kier alpha value is -2.87. The summed E-state index contributed by atoms with van der Waals surface area (Å²) in [5.74, 6) is 2.64. The molecule has 1 atom stereocenters. The Labute approximate surface area is 163 Å². The highest BCUT2D eigenvalue weighted by molar-refractivity contribution is 5.68. The molecule has 8 heteroatoms. The molecule has 28 heavy (non-hydrogen) atoms. The van der Waals surface area contributed by atoms with Gasteiger partial charge in [0.05, 0.1) is 12.2 Å². The number of anilines is 1. The summed E-state index contributed by atoms with van der Waals surface area (Å²) in [5.41, 5.74) is 8.75. The van der Waals surface area contributed by atoms with Crippen LogP contribution in [0, 0.1) is 0 Å². The Bertz CT molecular complexity index is 991. The highest BCUT2D eigenvalue weighted by atomic mass is 15.4. The monoisotopic (exact) mass is 376 g/mol. The molecule has 5 rings (SSSR count). The molecule has 1 aliphatic heterocycles. The quantitative estimate of drug-likeness (QED) is 0.747. The van der Waals surface area contributed by atoms with Crippen LogP contribution in [0.3, 0.4) is 0 Å². The van der Waals surface area contributed by atoms with Crippen molar-refractivity contribution in [1.82, 2.24) is 29.7 Å². The average molecular weight is 376 g/mol. The molecule has 0 amide bonds. The molecule has 144 valence electrons. The lowest BCUT2D eigenvalue weighted by Crippen LogP contribution is -2.42. The molecule has 1 aliphatic carbocycles. The van der Waals surface area contributed by atoms with Crippen molar-refractivity contribution < 1.29 is 0 Å². The molecule has 2 aliphatic rings. The van der Waals surface area contributed by atoms with Crippen LogP contribution < -0.4 is 10.6 Å². The predicted molar refractivity (Wildman–Crippen MR) is 106 cm³/mol. The van der Waals surface area contributed by atoms with Crippen molar-refractivity contribution in [3.05, 3.63) is 42.4 Å². The van der Waals surface area contributed by atoms with E-state index in [1.807, 2.05) is 16.8 Å². The zero-order valence-electron chi connectivity index (χ0n) is 16.0. The summed E-state index contributed by atoms with van der Waals surface area (Å²) in [6.45, 7) is 2.61. The summed E-state index contributed by atoms with van der Waals surface area (Å²) in [6.07, 6.45) is 13.1. The van der Waals surface area contributed by atoms with Gasteiger partial charge in [-0.05, 0) is 30.9 Å². The maximum absolute atomic E-state index is 5.92. The highest BCUT2D eigenvalue weighted by Gasteiger charge is 2.38. The standard InChI is InChI=1S/C20H24N8/c1-2-16-20-26-24-12-27(20)17-11-23-18(15-7-8-22-10-13(15)9-21)25-19(17)28(16)14-5-3-4-6-14/h7-8,10-12,14,16H,2-6,9,21H2,1H3. The van der Waals surface area contributed by atoms with Crippen LogP contribution in [0.1, 0.15) is 56.5 Å². The Morgan fingerprint density at radius 1 is 1.21 bits per heavy atom. The largest absolute Gasteiger partial charge is 0.342 e. The second kappa shape index (κ2) is 6.94. The Kier molecular flexibility index (Phi) is 4.27. The van der Waals surface area contributed by atoms with Crippen LogP contribution in [0.2, 0.25) is 0 Å². The van der Waals surface area contributed by atoms with Crippen molar-refractivity contribution in [2.24, 2.45) is 5.73 Å². The second-order valence-electron chi connectivity index (χ2n) is 7.47. The van der Waals surface area contributed by atoms with Crippen LogP contribution in [0.5, 0.6) is 0 Å². The molecule has 8 nitrogen and oxygen atoms in total. The van der Waals surface area contributed by atoms with E-state index in [1.165, 1.54) is 25.7 Å². The smallest absolute Gasteiger partial charge is 0.162 e. The molecule has 3 aromatic rings. The number of fused-ring (bicyclic) bond motifs is 3. The van der Waals surface area contributed by atoms with E-state index < -0.39 is 0 Å². The van der Waals surface area contributed by atoms with E-state index in [0.717, 1.165) is 34.9 Å².